The maximum atomic E-state index is 10.2. The van der Waals surface area contributed by atoms with Crippen LogP contribution in [0, 0.1) is 11.3 Å². The van der Waals surface area contributed by atoms with Crippen LogP contribution in [0.2, 0.25) is 0 Å². The topological polar surface area (TPSA) is 56.7 Å². The van der Waals surface area contributed by atoms with E-state index in [0.717, 1.165) is 44.2 Å². The van der Waals surface area contributed by atoms with Crippen LogP contribution in [0.4, 0.5) is 0 Å². The van der Waals surface area contributed by atoms with E-state index >= 15 is 0 Å². The molecule has 0 aromatic heterocycles. The van der Waals surface area contributed by atoms with Gasteiger partial charge in [-0.25, -0.2) is 0 Å². The monoisotopic (exact) mass is 395 g/mol. The number of aliphatic hydroxyl groups excluding tert-OH is 1. The first kappa shape index (κ1) is 18.0. The second-order valence-corrected chi connectivity index (χ2v) is 6.44. The van der Waals surface area contributed by atoms with Gasteiger partial charge in [0.25, 0.3) is 0 Å². The van der Waals surface area contributed by atoms with Crippen LogP contribution in [0.25, 0.3) is 0 Å². The molecule has 0 amide bonds. The second kappa shape index (κ2) is 8.41. The third-order valence-corrected chi connectivity index (χ3v) is 4.48. The van der Waals surface area contributed by atoms with Crippen molar-refractivity contribution in [2.75, 3.05) is 19.6 Å². The van der Waals surface area contributed by atoms with Crippen molar-refractivity contribution in [3.63, 3.8) is 0 Å². The van der Waals surface area contributed by atoms with Crippen molar-refractivity contribution in [2.45, 2.75) is 58.5 Å². The highest BCUT2D eigenvalue weighted by molar-refractivity contribution is 14.0. The van der Waals surface area contributed by atoms with E-state index in [4.69, 9.17) is 4.99 Å². The largest absolute Gasteiger partial charge is 0.392 e. The first-order chi connectivity index (χ1) is 9.14. The molecule has 20 heavy (non-hydrogen) atoms. The number of guanidine groups is 1. The quantitative estimate of drug-likeness (QED) is 0.381. The van der Waals surface area contributed by atoms with Crippen molar-refractivity contribution in [3.05, 3.63) is 0 Å². The Hall–Kier alpha value is -0.0400. The smallest absolute Gasteiger partial charge is 0.191 e. The summed E-state index contributed by atoms with van der Waals surface area (Å²) in [5.41, 5.74) is -0.0415. The molecule has 0 heterocycles. The summed E-state index contributed by atoms with van der Waals surface area (Å²) in [4.78, 5) is 4.69. The summed E-state index contributed by atoms with van der Waals surface area (Å²) in [6.45, 7) is 6.89. The minimum absolute atomic E-state index is 0. The lowest BCUT2D eigenvalue weighted by molar-refractivity contribution is 0.00716. The average molecular weight is 395 g/mol. The van der Waals surface area contributed by atoms with Crippen LogP contribution < -0.4 is 10.6 Å². The number of aliphatic hydroxyl groups is 1. The Kier molecular flexibility index (Phi) is 7.58. The molecule has 0 aliphatic heterocycles. The van der Waals surface area contributed by atoms with Crippen molar-refractivity contribution in [3.8, 4) is 0 Å². The summed E-state index contributed by atoms with van der Waals surface area (Å²) in [7, 11) is 0. The molecule has 0 aromatic carbocycles. The van der Waals surface area contributed by atoms with E-state index in [9.17, 15) is 5.11 Å². The second-order valence-electron chi connectivity index (χ2n) is 6.44. The molecule has 118 valence electrons. The highest BCUT2D eigenvalue weighted by Crippen LogP contribution is 2.36. The van der Waals surface area contributed by atoms with Gasteiger partial charge in [0.1, 0.15) is 0 Å². The van der Waals surface area contributed by atoms with E-state index in [-0.39, 0.29) is 35.5 Å². The van der Waals surface area contributed by atoms with Gasteiger partial charge in [-0.3, -0.25) is 4.99 Å². The molecule has 2 aliphatic rings. The summed E-state index contributed by atoms with van der Waals surface area (Å²) < 4.78 is 0. The number of nitrogens with zero attached hydrogens (tertiary/aromatic N) is 1. The maximum Gasteiger partial charge on any atom is 0.191 e. The van der Waals surface area contributed by atoms with Crippen molar-refractivity contribution in [1.29, 1.82) is 0 Å². The Balaban J connectivity index is 0.00000200. The summed E-state index contributed by atoms with van der Waals surface area (Å²) in [5, 5.41) is 16.9. The van der Waals surface area contributed by atoms with E-state index in [1.165, 1.54) is 19.3 Å². The minimum atomic E-state index is -0.198. The number of nitrogens with one attached hydrogen (secondary N) is 2. The van der Waals surface area contributed by atoms with Crippen LogP contribution in [-0.2, 0) is 0 Å². The van der Waals surface area contributed by atoms with Gasteiger partial charge in [-0.1, -0.05) is 19.8 Å². The lowest BCUT2D eigenvalue weighted by Crippen LogP contribution is -2.42. The van der Waals surface area contributed by atoms with Gasteiger partial charge in [0, 0.05) is 18.5 Å². The lowest BCUT2D eigenvalue weighted by Gasteiger charge is -2.37. The summed E-state index contributed by atoms with van der Waals surface area (Å²) in [6, 6.07) is 0. The molecule has 0 radical (unpaired) electrons. The summed E-state index contributed by atoms with van der Waals surface area (Å²) in [5.74, 6) is 1.76. The predicted molar refractivity (Wildman–Crippen MR) is 94.7 cm³/mol. The van der Waals surface area contributed by atoms with Crippen LogP contribution in [0.1, 0.15) is 52.4 Å². The molecule has 5 heteroatoms. The number of hydrogen-bond donors (Lipinski definition) is 3. The van der Waals surface area contributed by atoms with Gasteiger partial charge in [0.15, 0.2) is 5.96 Å². The van der Waals surface area contributed by atoms with Crippen molar-refractivity contribution in [1.82, 2.24) is 10.6 Å². The number of rotatable bonds is 5. The third-order valence-electron chi connectivity index (χ3n) is 4.48. The molecule has 2 aliphatic carbocycles. The number of halogens is 1. The molecule has 3 N–H and O–H groups in total. The van der Waals surface area contributed by atoms with E-state index < -0.39 is 0 Å². The molecular formula is C15H30IN3O. The van der Waals surface area contributed by atoms with Crippen molar-refractivity contribution in [2.24, 2.45) is 16.3 Å². The Bertz CT molecular complexity index is 320. The van der Waals surface area contributed by atoms with Gasteiger partial charge in [0.05, 0.1) is 12.6 Å². The van der Waals surface area contributed by atoms with E-state index in [1.54, 1.807) is 0 Å². The first-order valence-electron chi connectivity index (χ1n) is 7.84. The Morgan fingerprint density at radius 2 is 2.00 bits per heavy atom. The average Bonchev–Trinajstić information content (AvgIpc) is 3.21. The van der Waals surface area contributed by atoms with Gasteiger partial charge in [0.2, 0.25) is 0 Å². The number of aliphatic imine (C=N–C) groups is 1. The zero-order valence-corrected chi connectivity index (χ0v) is 15.2. The normalized spacial score (nSPS) is 30.6. The number of hydrogen-bond acceptors (Lipinski definition) is 2. The molecule has 2 unspecified atom stereocenters. The van der Waals surface area contributed by atoms with Gasteiger partial charge < -0.3 is 15.7 Å². The fourth-order valence-electron chi connectivity index (χ4n) is 2.73. The molecule has 4 nitrogen and oxygen atoms in total. The van der Waals surface area contributed by atoms with Gasteiger partial charge in [-0.05, 0) is 38.5 Å². The van der Waals surface area contributed by atoms with Crippen LogP contribution in [-0.4, -0.2) is 36.8 Å². The zero-order valence-electron chi connectivity index (χ0n) is 12.8. The molecule has 2 saturated carbocycles. The highest BCUT2D eigenvalue weighted by atomic mass is 127. The highest BCUT2D eigenvalue weighted by Gasteiger charge is 2.35. The maximum absolute atomic E-state index is 10.2. The van der Waals surface area contributed by atoms with Crippen LogP contribution in [0.3, 0.4) is 0 Å². The molecule has 2 rings (SSSR count). The Morgan fingerprint density at radius 3 is 2.60 bits per heavy atom. The SMILES string of the molecule is CCNC(=NCC1(C)CCCCC1O)NCC1CC1.I. The van der Waals surface area contributed by atoms with E-state index in [2.05, 4.69) is 24.5 Å². The summed E-state index contributed by atoms with van der Waals surface area (Å²) >= 11 is 0. The standard InChI is InChI=1S/C15H29N3O.HI/c1-3-16-14(17-10-12-7-8-12)18-11-15(2)9-5-4-6-13(15)19;/h12-13,19H,3-11H2,1-2H3,(H2,16,17,18);1H. The van der Waals surface area contributed by atoms with Crippen molar-refractivity contribution < 1.29 is 5.11 Å². The van der Waals surface area contributed by atoms with Crippen LogP contribution >= 0.6 is 24.0 Å². The zero-order chi connectivity index (χ0) is 13.7. The lowest BCUT2D eigenvalue weighted by atomic mass is 9.73. The third kappa shape index (κ3) is 5.39. The molecule has 0 bridgehead atoms. The minimum Gasteiger partial charge on any atom is -0.392 e. The Labute approximate surface area is 140 Å². The fraction of sp³-hybridized carbons (Fsp3) is 0.933. The molecule has 2 fully saturated rings. The van der Waals surface area contributed by atoms with Gasteiger partial charge >= 0.3 is 0 Å². The van der Waals surface area contributed by atoms with Crippen LogP contribution in [0.5, 0.6) is 0 Å². The molecule has 0 aromatic rings. The molecular weight excluding hydrogens is 365 g/mol. The summed E-state index contributed by atoms with van der Waals surface area (Å²) in [6.07, 6.45) is 6.88. The fourth-order valence-corrected chi connectivity index (χ4v) is 2.73. The van der Waals surface area contributed by atoms with Gasteiger partial charge in [-0.2, -0.15) is 0 Å². The van der Waals surface area contributed by atoms with Crippen molar-refractivity contribution >= 4 is 29.9 Å². The first-order valence-corrected chi connectivity index (χ1v) is 7.84. The van der Waals surface area contributed by atoms with E-state index in [0.29, 0.717) is 6.54 Å². The predicted octanol–water partition coefficient (Wildman–Crippen LogP) is 2.51. The molecule has 2 atom stereocenters. The Morgan fingerprint density at radius 1 is 1.25 bits per heavy atom. The molecule has 0 spiro atoms. The van der Waals surface area contributed by atoms with E-state index in [1.807, 2.05) is 0 Å². The molecule has 0 saturated heterocycles. The van der Waals surface area contributed by atoms with Crippen LogP contribution in [0.15, 0.2) is 4.99 Å². The van der Waals surface area contributed by atoms with Gasteiger partial charge in [-0.15, -0.1) is 24.0 Å².